The number of rotatable bonds is 10. The maximum Gasteiger partial charge on any atom is 0.328 e. The predicted octanol–water partition coefficient (Wildman–Crippen LogP) is 3.45. The quantitative estimate of drug-likeness (QED) is 0.228. The maximum atomic E-state index is 13.1. The highest BCUT2D eigenvalue weighted by atomic mass is 16.5. The fourth-order valence-electron chi connectivity index (χ4n) is 4.08. The normalized spacial score (nSPS) is 15.4. The predicted molar refractivity (Wildman–Crippen MR) is 126 cm³/mol. The molecule has 0 aliphatic carbocycles. The SMILES string of the molecule is COc1cc(C(=O)C(=O)N2CCCC[C@H]2C(=O)OCCCc2ccccc2)cc(OC)c1OC. The van der Waals surface area contributed by atoms with Crippen molar-refractivity contribution in [2.45, 2.75) is 38.1 Å². The summed E-state index contributed by atoms with van der Waals surface area (Å²) >= 11 is 0. The lowest BCUT2D eigenvalue weighted by Gasteiger charge is -2.33. The summed E-state index contributed by atoms with van der Waals surface area (Å²) in [5, 5.41) is 0. The number of esters is 1. The number of ether oxygens (including phenoxy) is 4. The zero-order valence-corrected chi connectivity index (χ0v) is 19.9. The van der Waals surface area contributed by atoms with Crippen molar-refractivity contribution in [3.05, 3.63) is 53.6 Å². The van der Waals surface area contributed by atoms with Crippen molar-refractivity contribution in [1.29, 1.82) is 0 Å². The van der Waals surface area contributed by atoms with Crippen LogP contribution in [-0.4, -0.2) is 63.1 Å². The van der Waals surface area contributed by atoms with Crippen LogP contribution < -0.4 is 14.2 Å². The molecule has 8 nitrogen and oxygen atoms in total. The van der Waals surface area contributed by atoms with E-state index >= 15 is 0 Å². The summed E-state index contributed by atoms with van der Waals surface area (Å²) in [5.41, 5.74) is 1.27. The molecule has 0 radical (unpaired) electrons. The van der Waals surface area contributed by atoms with Gasteiger partial charge in [0.05, 0.1) is 27.9 Å². The van der Waals surface area contributed by atoms with E-state index in [0.717, 1.165) is 12.8 Å². The molecule has 2 aromatic carbocycles. The van der Waals surface area contributed by atoms with E-state index in [2.05, 4.69) is 0 Å². The molecular weight excluding hydrogens is 438 g/mol. The molecule has 1 amide bonds. The summed E-state index contributed by atoms with van der Waals surface area (Å²) in [6, 6.07) is 12.0. The van der Waals surface area contributed by atoms with Crippen molar-refractivity contribution in [2.75, 3.05) is 34.5 Å². The van der Waals surface area contributed by atoms with E-state index in [1.165, 1.54) is 43.9 Å². The van der Waals surface area contributed by atoms with Crippen LogP contribution in [0.3, 0.4) is 0 Å². The molecule has 0 unspecified atom stereocenters. The highest BCUT2D eigenvalue weighted by Crippen LogP contribution is 2.38. The number of carbonyl (C=O) groups excluding carboxylic acids is 3. The number of Topliss-reactive ketones (excluding diaryl/α,β-unsaturated/α-hetero) is 1. The van der Waals surface area contributed by atoms with E-state index in [-0.39, 0.29) is 23.7 Å². The minimum absolute atomic E-state index is 0.0973. The zero-order chi connectivity index (χ0) is 24.5. The van der Waals surface area contributed by atoms with Crippen LogP contribution in [0.4, 0.5) is 0 Å². The average molecular weight is 470 g/mol. The Labute approximate surface area is 199 Å². The van der Waals surface area contributed by atoms with Crippen molar-refractivity contribution in [2.24, 2.45) is 0 Å². The molecule has 1 aliphatic heterocycles. The summed E-state index contributed by atoms with van der Waals surface area (Å²) < 4.78 is 21.3. The largest absolute Gasteiger partial charge is 0.493 e. The van der Waals surface area contributed by atoms with Crippen LogP contribution in [0.1, 0.15) is 41.6 Å². The summed E-state index contributed by atoms with van der Waals surface area (Å²) in [6.45, 7) is 0.575. The Morgan fingerprint density at radius 3 is 2.24 bits per heavy atom. The highest BCUT2D eigenvalue weighted by Gasteiger charge is 2.36. The third-order valence-corrected chi connectivity index (χ3v) is 5.85. The second-order valence-electron chi connectivity index (χ2n) is 8.01. The van der Waals surface area contributed by atoms with E-state index in [1.807, 2.05) is 30.3 Å². The number of piperidine rings is 1. The van der Waals surface area contributed by atoms with Gasteiger partial charge in [0, 0.05) is 12.1 Å². The van der Waals surface area contributed by atoms with Gasteiger partial charge in [-0.2, -0.15) is 0 Å². The van der Waals surface area contributed by atoms with Gasteiger partial charge in [-0.3, -0.25) is 9.59 Å². The Balaban J connectivity index is 1.67. The van der Waals surface area contributed by atoms with Gasteiger partial charge in [-0.1, -0.05) is 30.3 Å². The van der Waals surface area contributed by atoms with Crippen molar-refractivity contribution in [1.82, 2.24) is 4.90 Å². The van der Waals surface area contributed by atoms with Crippen molar-refractivity contribution >= 4 is 17.7 Å². The fraction of sp³-hybridized carbons (Fsp3) is 0.423. The number of ketones is 1. The molecule has 182 valence electrons. The molecule has 1 saturated heterocycles. The molecule has 34 heavy (non-hydrogen) atoms. The van der Waals surface area contributed by atoms with E-state index < -0.39 is 23.7 Å². The first-order valence-corrected chi connectivity index (χ1v) is 11.4. The third kappa shape index (κ3) is 5.87. The Morgan fingerprint density at radius 2 is 1.62 bits per heavy atom. The van der Waals surface area contributed by atoms with Gasteiger partial charge in [0.1, 0.15) is 6.04 Å². The van der Waals surface area contributed by atoms with Crippen LogP contribution in [0.5, 0.6) is 17.2 Å². The average Bonchev–Trinajstić information content (AvgIpc) is 2.89. The second kappa shape index (κ2) is 12.1. The molecule has 1 fully saturated rings. The minimum Gasteiger partial charge on any atom is -0.493 e. The van der Waals surface area contributed by atoms with Gasteiger partial charge in [0.2, 0.25) is 5.75 Å². The monoisotopic (exact) mass is 469 g/mol. The van der Waals surface area contributed by atoms with E-state index in [0.29, 0.717) is 31.6 Å². The Hall–Kier alpha value is -3.55. The van der Waals surface area contributed by atoms with Gasteiger partial charge in [-0.05, 0) is 49.8 Å². The summed E-state index contributed by atoms with van der Waals surface area (Å²) in [6.07, 6.45) is 3.44. The van der Waals surface area contributed by atoms with E-state index in [4.69, 9.17) is 18.9 Å². The molecule has 0 spiro atoms. The van der Waals surface area contributed by atoms with Crippen LogP contribution in [0.25, 0.3) is 0 Å². The van der Waals surface area contributed by atoms with Crippen LogP contribution in [-0.2, 0) is 20.7 Å². The van der Waals surface area contributed by atoms with Gasteiger partial charge in [0.15, 0.2) is 11.5 Å². The van der Waals surface area contributed by atoms with Gasteiger partial charge < -0.3 is 23.8 Å². The molecule has 8 heteroatoms. The number of methoxy groups -OCH3 is 3. The zero-order valence-electron chi connectivity index (χ0n) is 19.9. The highest BCUT2D eigenvalue weighted by molar-refractivity contribution is 6.43. The molecule has 0 N–H and O–H groups in total. The lowest BCUT2D eigenvalue weighted by molar-refractivity contribution is -0.155. The second-order valence-corrected chi connectivity index (χ2v) is 8.01. The Morgan fingerprint density at radius 1 is 0.941 bits per heavy atom. The van der Waals surface area contributed by atoms with Crippen molar-refractivity contribution in [3.63, 3.8) is 0 Å². The van der Waals surface area contributed by atoms with Crippen LogP contribution >= 0.6 is 0 Å². The molecule has 3 rings (SSSR count). The summed E-state index contributed by atoms with van der Waals surface area (Å²) in [4.78, 5) is 40.3. The number of hydrogen-bond donors (Lipinski definition) is 0. The number of carbonyl (C=O) groups is 3. The lowest BCUT2D eigenvalue weighted by Crippen LogP contribution is -2.51. The standard InChI is InChI=1S/C26H31NO7/c1-31-21-16-19(17-22(32-2)24(21)33-3)23(28)25(29)27-14-8-7-13-20(27)26(30)34-15-9-12-18-10-5-4-6-11-18/h4-6,10-11,16-17,20H,7-9,12-15H2,1-3H3/t20-/m0/s1. The maximum absolute atomic E-state index is 13.1. The van der Waals surface area contributed by atoms with Gasteiger partial charge in [-0.25, -0.2) is 4.79 Å². The molecule has 1 heterocycles. The first-order chi connectivity index (χ1) is 16.5. The number of nitrogens with zero attached hydrogens (tertiary/aromatic N) is 1. The first-order valence-electron chi connectivity index (χ1n) is 11.4. The molecule has 1 atom stereocenters. The number of amides is 1. The molecular formula is C26H31NO7. The van der Waals surface area contributed by atoms with Crippen molar-refractivity contribution < 1.29 is 33.3 Å². The lowest BCUT2D eigenvalue weighted by atomic mass is 10.00. The first kappa shape index (κ1) is 25.1. The topological polar surface area (TPSA) is 91.4 Å². The number of aryl methyl sites for hydroxylation is 1. The number of likely N-dealkylation sites (tertiary alicyclic amines) is 1. The Kier molecular flexibility index (Phi) is 8.90. The molecule has 0 bridgehead atoms. The van der Waals surface area contributed by atoms with Gasteiger partial charge >= 0.3 is 5.97 Å². The minimum atomic E-state index is -0.774. The van der Waals surface area contributed by atoms with Gasteiger partial charge in [0.25, 0.3) is 11.7 Å². The van der Waals surface area contributed by atoms with Gasteiger partial charge in [-0.15, -0.1) is 0 Å². The summed E-state index contributed by atoms with van der Waals surface area (Å²) in [7, 11) is 4.32. The molecule has 2 aromatic rings. The molecule has 1 aliphatic rings. The van der Waals surface area contributed by atoms with Crippen LogP contribution in [0.15, 0.2) is 42.5 Å². The number of hydrogen-bond acceptors (Lipinski definition) is 7. The smallest absolute Gasteiger partial charge is 0.328 e. The van der Waals surface area contributed by atoms with E-state index in [9.17, 15) is 14.4 Å². The third-order valence-electron chi connectivity index (χ3n) is 5.85. The number of benzene rings is 2. The van der Waals surface area contributed by atoms with Crippen LogP contribution in [0, 0.1) is 0 Å². The summed E-state index contributed by atoms with van der Waals surface area (Å²) in [5.74, 6) is -1.11. The molecule has 0 saturated carbocycles. The Bertz CT molecular complexity index is 980. The molecule has 0 aromatic heterocycles. The fourth-order valence-corrected chi connectivity index (χ4v) is 4.08. The van der Waals surface area contributed by atoms with Crippen LogP contribution in [0.2, 0.25) is 0 Å². The van der Waals surface area contributed by atoms with Crippen molar-refractivity contribution in [3.8, 4) is 17.2 Å². The van der Waals surface area contributed by atoms with E-state index in [1.54, 1.807) is 0 Å².